The van der Waals surface area contributed by atoms with Gasteiger partial charge in [-0.2, -0.15) is 0 Å². The van der Waals surface area contributed by atoms with Crippen LogP contribution in [-0.2, 0) is 9.59 Å². The van der Waals surface area contributed by atoms with Gasteiger partial charge in [-0.15, -0.1) is 0 Å². The lowest BCUT2D eigenvalue weighted by Gasteiger charge is -2.04. The molecule has 0 fully saturated rings. The lowest BCUT2D eigenvalue weighted by molar-refractivity contribution is -0.132. The number of esters is 2. The van der Waals surface area contributed by atoms with E-state index in [0.29, 0.717) is 23.0 Å². The smallest absolute Gasteiger partial charge is 0.308 e. The van der Waals surface area contributed by atoms with Crippen molar-refractivity contribution >= 4 is 11.9 Å². The van der Waals surface area contributed by atoms with Crippen molar-refractivity contribution in [2.45, 2.75) is 13.8 Å². The molecule has 6 heteroatoms. The molecule has 0 N–H and O–H groups in total. The molecule has 28 heavy (non-hydrogen) atoms. The first-order chi connectivity index (χ1) is 13.5. The van der Waals surface area contributed by atoms with Crippen LogP contribution in [-0.4, -0.2) is 25.2 Å². The van der Waals surface area contributed by atoms with Crippen molar-refractivity contribution in [2.75, 3.05) is 13.2 Å². The van der Waals surface area contributed by atoms with Crippen LogP contribution in [0.25, 0.3) is 0 Å². The summed E-state index contributed by atoms with van der Waals surface area (Å²) in [5.41, 5.74) is 0. The fraction of sp³-hybridized carbons (Fsp3) is 0.182. The minimum atomic E-state index is -0.396. The second-order valence-electron chi connectivity index (χ2n) is 5.32. The van der Waals surface area contributed by atoms with Gasteiger partial charge in [0, 0.05) is 26.0 Å². The first-order valence-electron chi connectivity index (χ1n) is 8.31. The molecular weight excluding hydrogens is 360 g/mol. The standard InChI is InChI=1S/C22H18O6/c1-17(23)27-21-11-7-9-19(15-21)25-13-5-3-4-6-14-26-20-10-8-12-22(16-20)28-18(2)24/h7-12,15-16H,13-14H2,1-2H3. The Morgan fingerprint density at radius 1 is 0.714 bits per heavy atom. The van der Waals surface area contributed by atoms with E-state index in [1.165, 1.54) is 13.8 Å². The largest absolute Gasteiger partial charge is 0.481 e. The van der Waals surface area contributed by atoms with E-state index in [9.17, 15) is 9.59 Å². The van der Waals surface area contributed by atoms with Gasteiger partial charge in [0.15, 0.2) is 0 Å². The second kappa shape index (κ2) is 10.9. The van der Waals surface area contributed by atoms with Gasteiger partial charge in [-0.3, -0.25) is 9.59 Å². The molecule has 0 heterocycles. The van der Waals surface area contributed by atoms with E-state index in [0.717, 1.165) is 0 Å². The van der Waals surface area contributed by atoms with Gasteiger partial charge in [-0.05, 0) is 47.9 Å². The number of carbonyl (C=O) groups is 2. The number of benzene rings is 2. The average molecular weight is 378 g/mol. The Morgan fingerprint density at radius 3 is 1.50 bits per heavy atom. The molecule has 0 aliphatic heterocycles. The van der Waals surface area contributed by atoms with Gasteiger partial charge in [0.25, 0.3) is 0 Å². The Balaban J connectivity index is 1.75. The van der Waals surface area contributed by atoms with Gasteiger partial charge in [0.1, 0.15) is 36.2 Å². The molecule has 0 aliphatic carbocycles. The zero-order chi connectivity index (χ0) is 20.2. The van der Waals surface area contributed by atoms with E-state index in [4.69, 9.17) is 18.9 Å². The Bertz CT molecular complexity index is 876. The maximum absolute atomic E-state index is 10.9. The van der Waals surface area contributed by atoms with E-state index in [2.05, 4.69) is 23.7 Å². The molecule has 0 atom stereocenters. The topological polar surface area (TPSA) is 71.1 Å². The van der Waals surface area contributed by atoms with Gasteiger partial charge >= 0.3 is 11.9 Å². The van der Waals surface area contributed by atoms with Crippen LogP contribution >= 0.6 is 0 Å². The molecule has 2 aromatic rings. The van der Waals surface area contributed by atoms with E-state index in [1.54, 1.807) is 48.5 Å². The third-order valence-corrected chi connectivity index (χ3v) is 3.00. The summed E-state index contributed by atoms with van der Waals surface area (Å²) < 4.78 is 20.8. The van der Waals surface area contributed by atoms with Crippen LogP contribution in [0, 0.1) is 23.7 Å². The Morgan fingerprint density at radius 2 is 1.11 bits per heavy atom. The van der Waals surface area contributed by atoms with E-state index in [1.807, 2.05) is 0 Å². The summed E-state index contributed by atoms with van der Waals surface area (Å²) in [6.07, 6.45) is 0. The molecule has 0 aliphatic rings. The summed E-state index contributed by atoms with van der Waals surface area (Å²) in [6, 6.07) is 13.4. The summed E-state index contributed by atoms with van der Waals surface area (Å²) in [7, 11) is 0. The predicted octanol–water partition coefficient (Wildman–Crippen LogP) is 3.00. The highest BCUT2D eigenvalue weighted by molar-refractivity contribution is 5.69. The normalized spacial score (nSPS) is 9.07. The van der Waals surface area contributed by atoms with Gasteiger partial charge in [0.05, 0.1) is 0 Å². The van der Waals surface area contributed by atoms with Crippen LogP contribution < -0.4 is 18.9 Å². The van der Waals surface area contributed by atoms with Crippen LogP contribution in [0.3, 0.4) is 0 Å². The van der Waals surface area contributed by atoms with E-state index in [-0.39, 0.29) is 13.2 Å². The lowest BCUT2D eigenvalue weighted by Crippen LogP contribution is -2.01. The van der Waals surface area contributed by atoms with Gasteiger partial charge < -0.3 is 18.9 Å². The second-order valence-corrected chi connectivity index (χ2v) is 5.32. The molecule has 0 unspecified atom stereocenters. The summed E-state index contributed by atoms with van der Waals surface area (Å²) in [4.78, 5) is 21.9. The fourth-order valence-corrected chi connectivity index (χ4v) is 1.99. The quantitative estimate of drug-likeness (QED) is 0.437. The van der Waals surface area contributed by atoms with Crippen LogP contribution in [0.1, 0.15) is 13.8 Å². The highest BCUT2D eigenvalue weighted by Crippen LogP contribution is 2.20. The summed E-state index contributed by atoms with van der Waals surface area (Å²) >= 11 is 0. The maximum Gasteiger partial charge on any atom is 0.308 e. The molecule has 0 spiro atoms. The molecule has 0 radical (unpaired) electrons. The first kappa shape index (κ1) is 20.4. The monoisotopic (exact) mass is 378 g/mol. The van der Waals surface area contributed by atoms with Crippen LogP contribution in [0.2, 0.25) is 0 Å². The fourth-order valence-electron chi connectivity index (χ4n) is 1.99. The molecule has 0 amide bonds. The van der Waals surface area contributed by atoms with Crippen molar-refractivity contribution in [2.24, 2.45) is 0 Å². The van der Waals surface area contributed by atoms with Gasteiger partial charge in [-0.25, -0.2) is 0 Å². The highest BCUT2D eigenvalue weighted by atomic mass is 16.5. The highest BCUT2D eigenvalue weighted by Gasteiger charge is 2.00. The van der Waals surface area contributed by atoms with Crippen molar-refractivity contribution in [1.82, 2.24) is 0 Å². The summed E-state index contributed by atoms with van der Waals surface area (Å²) in [6.45, 7) is 2.95. The predicted molar refractivity (Wildman–Crippen MR) is 102 cm³/mol. The molecule has 142 valence electrons. The molecule has 0 saturated heterocycles. The third kappa shape index (κ3) is 7.99. The van der Waals surface area contributed by atoms with Crippen molar-refractivity contribution in [3.05, 3.63) is 48.5 Å². The summed E-state index contributed by atoms with van der Waals surface area (Å²) in [5, 5.41) is 0. The van der Waals surface area contributed by atoms with E-state index >= 15 is 0 Å². The Labute approximate surface area is 163 Å². The van der Waals surface area contributed by atoms with Gasteiger partial charge in [0.2, 0.25) is 0 Å². The molecule has 0 aromatic heterocycles. The van der Waals surface area contributed by atoms with Gasteiger partial charge in [-0.1, -0.05) is 12.1 Å². The summed E-state index contributed by atoms with van der Waals surface area (Å²) in [5.74, 6) is 11.9. The number of hydrogen-bond acceptors (Lipinski definition) is 6. The average Bonchev–Trinajstić information content (AvgIpc) is 2.63. The minimum absolute atomic E-state index is 0.142. The molecule has 2 rings (SSSR count). The molecule has 6 nitrogen and oxygen atoms in total. The van der Waals surface area contributed by atoms with Crippen molar-refractivity contribution in [3.8, 4) is 46.7 Å². The molecule has 0 bridgehead atoms. The minimum Gasteiger partial charge on any atom is -0.481 e. The van der Waals surface area contributed by atoms with E-state index < -0.39 is 11.9 Å². The Kier molecular flexibility index (Phi) is 7.98. The van der Waals surface area contributed by atoms with Crippen molar-refractivity contribution in [1.29, 1.82) is 0 Å². The zero-order valence-electron chi connectivity index (χ0n) is 15.5. The van der Waals surface area contributed by atoms with Crippen LogP contribution in [0.4, 0.5) is 0 Å². The first-order valence-corrected chi connectivity index (χ1v) is 8.31. The molecule has 0 saturated carbocycles. The zero-order valence-corrected chi connectivity index (χ0v) is 15.5. The van der Waals surface area contributed by atoms with Crippen LogP contribution in [0.5, 0.6) is 23.0 Å². The number of hydrogen-bond donors (Lipinski definition) is 0. The number of carbonyl (C=O) groups excluding carboxylic acids is 2. The number of rotatable bonds is 6. The molecular formula is C22H18O6. The Hall–Kier alpha value is -3.90. The van der Waals surface area contributed by atoms with Crippen LogP contribution in [0.15, 0.2) is 48.5 Å². The SMILES string of the molecule is CC(=O)Oc1cccc(OCC#CC#CCOc2cccc(OC(C)=O)c2)c1. The number of ether oxygens (including phenoxy) is 4. The lowest BCUT2D eigenvalue weighted by atomic mass is 10.3. The van der Waals surface area contributed by atoms with Crippen molar-refractivity contribution < 1.29 is 28.5 Å². The molecule has 2 aromatic carbocycles. The third-order valence-electron chi connectivity index (χ3n) is 3.00. The van der Waals surface area contributed by atoms with Crippen molar-refractivity contribution in [3.63, 3.8) is 0 Å². The maximum atomic E-state index is 10.9.